The molecule has 1 N–H and O–H groups in total. The SMILES string of the molecule is Cc1nn(-c2ccccc2)c(C)c1/C=C/C(=O)OC(C)C(=O)N1CCNC1=O. The Hall–Kier alpha value is -3.42. The second kappa shape index (κ2) is 8.08. The van der Waals surface area contributed by atoms with E-state index in [1.807, 2.05) is 44.2 Å². The number of rotatable bonds is 5. The summed E-state index contributed by atoms with van der Waals surface area (Å²) >= 11 is 0. The molecule has 1 aromatic carbocycles. The molecule has 0 spiro atoms. The van der Waals surface area contributed by atoms with Crippen molar-refractivity contribution in [2.45, 2.75) is 26.9 Å². The third kappa shape index (κ3) is 3.95. The molecule has 3 amide bonds. The summed E-state index contributed by atoms with van der Waals surface area (Å²) in [4.78, 5) is 36.9. The van der Waals surface area contributed by atoms with Gasteiger partial charge in [-0.1, -0.05) is 18.2 Å². The van der Waals surface area contributed by atoms with Crippen molar-refractivity contribution < 1.29 is 19.1 Å². The Labute approximate surface area is 162 Å². The first-order chi connectivity index (χ1) is 13.4. The molecule has 8 nitrogen and oxygen atoms in total. The van der Waals surface area contributed by atoms with Crippen molar-refractivity contribution in [1.82, 2.24) is 20.0 Å². The molecule has 1 saturated heterocycles. The van der Waals surface area contributed by atoms with E-state index in [1.165, 1.54) is 13.0 Å². The molecule has 8 heteroatoms. The van der Waals surface area contributed by atoms with Crippen molar-refractivity contribution in [3.05, 3.63) is 53.4 Å². The van der Waals surface area contributed by atoms with Crippen LogP contribution in [0.2, 0.25) is 0 Å². The number of nitrogens with zero attached hydrogens (tertiary/aromatic N) is 3. The van der Waals surface area contributed by atoms with E-state index in [0.29, 0.717) is 6.54 Å². The normalized spacial score (nSPS) is 15.0. The number of urea groups is 1. The molecular formula is C20H22N4O4. The minimum Gasteiger partial charge on any atom is -0.449 e. The molecule has 1 aliphatic rings. The molecule has 0 bridgehead atoms. The van der Waals surface area contributed by atoms with E-state index in [1.54, 1.807) is 10.8 Å². The summed E-state index contributed by atoms with van der Waals surface area (Å²) in [6, 6.07) is 9.21. The molecule has 1 aliphatic heterocycles. The average molecular weight is 382 g/mol. The quantitative estimate of drug-likeness (QED) is 0.630. The van der Waals surface area contributed by atoms with Crippen LogP contribution in [0.3, 0.4) is 0 Å². The van der Waals surface area contributed by atoms with Gasteiger partial charge in [-0.15, -0.1) is 0 Å². The predicted molar refractivity (Wildman–Crippen MR) is 103 cm³/mol. The largest absolute Gasteiger partial charge is 0.449 e. The van der Waals surface area contributed by atoms with Gasteiger partial charge in [-0.2, -0.15) is 5.10 Å². The summed E-state index contributed by atoms with van der Waals surface area (Å²) in [5, 5.41) is 7.05. The summed E-state index contributed by atoms with van der Waals surface area (Å²) in [7, 11) is 0. The Balaban J connectivity index is 1.68. The number of hydrogen-bond donors (Lipinski definition) is 1. The van der Waals surface area contributed by atoms with Crippen LogP contribution in [0.5, 0.6) is 0 Å². The number of benzene rings is 1. The Morgan fingerprint density at radius 1 is 1.25 bits per heavy atom. The van der Waals surface area contributed by atoms with Crippen LogP contribution < -0.4 is 5.32 Å². The predicted octanol–water partition coefficient (Wildman–Crippen LogP) is 1.99. The zero-order valence-electron chi connectivity index (χ0n) is 16.0. The minimum atomic E-state index is -1.05. The second-order valence-electron chi connectivity index (χ2n) is 6.47. The van der Waals surface area contributed by atoms with Crippen LogP contribution >= 0.6 is 0 Å². The number of carbonyl (C=O) groups is 3. The first-order valence-electron chi connectivity index (χ1n) is 8.98. The topological polar surface area (TPSA) is 93.5 Å². The monoisotopic (exact) mass is 382 g/mol. The maximum Gasteiger partial charge on any atom is 0.331 e. The van der Waals surface area contributed by atoms with E-state index in [2.05, 4.69) is 10.4 Å². The van der Waals surface area contributed by atoms with E-state index in [0.717, 1.165) is 27.5 Å². The van der Waals surface area contributed by atoms with Crippen LogP contribution in [0, 0.1) is 13.8 Å². The number of hydrogen-bond acceptors (Lipinski definition) is 5. The van der Waals surface area contributed by atoms with Gasteiger partial charge in [0.2, 0.25) is 0 Å². The Bertz CT molecular complexity index is 933. The molecule has 0 aliphatic carbocycles. The number of ether oxygens (including phenoxy) is 1. The standard InChI is InChI=1S/C20H22N4O4/c1-13-17(14(2)24(22-13)16-7-5-4-6-8-16)9-10-18(25)28-15(3)19(26)23-12-11-21-20(23)27/h4-10,15H,11-12H2,1-3H3,(H,21,27)/b10-9+. The number of esters is 1. The van der Waals surface area contributed by atoms with Gasteiger partial charge in [-0.25, -0.2) is 14.3 Å². The summed E-state index contributed by atoms with van der Waals surface area (Å²) in [6.07, 6.45) is 1.84. The molecule has 1 aromatic heterocycles. The highest BCUT2D eigenvalue weighted by molar-refractivity contribution is 5.99. The molecule has 28 heavy (non-hydrogen) atoms. The number of aryl methyl sites for hydroxylation is 1. The minimum absolute atomic E-state index is 0.270. The molecular weight excluding hydrogens is 360 g/mol. The lowest BCUT2D eigenvalue weighted by atomic mass is 10.2. The van der Waals surface area contributed by atoms with E-state index < -0.39 is 24.0 Å². The lowest BCUT2D eigenvalue weighted by molar-refractivity contribution is -0.153. The number of imide groups is 1. The van der Waals surface area contributed by atoms with Gasteiger partial charge in [0, 0.05) is 30.4 Å². The third-order valence-electron chi connectivity index (χ3n) is 4.50. The first-order valence-corrected chi connectivity index (χ1v) is 8.98. The summed E-state index contributed by atoms with van der Waals surface area (Å²) in [5.74, 6) is -1.20. The molecule has 2 aromatic rings. The number of para-hydroxylation sites is 1. The molecule has 1 atom stereocenters. The highest BCUT2D eigenvalue weighted by Crippen LogP contribution is 2.19. The molecule has 3 rings (SSSR count). The van der Waals surface area contributed by atoms with Gasteiger partial charge in [-0.3, -0.25) is 9.69 Å². The van der Waals surface area contributed by atoms with Crippen molar-refractivity contribution >= 4 is 24.0 Å². The van der Waals surface area contributed by atoms with Crippen LogP contribution in [0.15, 0.2) is 36.4 Å². The van der Waals surface area contributed by atoms with Gasteiger partial charge in [0.25, 0.3) is 5.91 Å². The molecule has 146 valence electrons. The van der Waals surface area contributed by atoms with E-state index >= 15 is 0 Å². The Morgan fingerprint density at radius 3 is 2.61 bits per heavy atom. The van der Waals surface area contributed by atoms with Gasteiger partial charge in [-0.05, 0) is 39.0 Å². The van der Waals surface area contributed by atoms with Crippen LogP contribution in [-0.2, 0) is 14.3 Å². The molecule has 1 unspecified atom stereocenters. The lowest BCUT2D eigenvalue weighted by Crippen LogP contribution is -2.41. The van der Waals surface area contributed by atoms with E-state index in [9.17, 15) is 14.4 Å². The zero-order chi connectivity index (χ0) is 20.3. The molecule has 0 radical (unpaired) electrons. The number of carbonyl (C=O) groups excluding carboxylic acids is 3. The Morgan fingerprint density at radius 2 is 1.96 bits per heavy atom. The van der Waals surface area contributed by atoms with Crippen molar-refractivity contribution in [1.29, 1.82) is 0 Å². The highest BCUT2D eigenvalue weighted by atomic mass is 16.5. The lowest BCUT2D eigenvalue weighted by Gasteiger charge is -2.17. The fraction of sp³-hybridized carbons (Fsp3) is 0.300. The summed E-state index contributed by atoms with van der Waals surface area (Å²) in [5.41, 5.74) is 3.38. The van der Waals surface area contributed by atoms with Crippen LogP contribution in [0.4, 0.5) is 4.79 Å². The molecule has 2 heterocycles. The van der Waals surface area contributed by atoms with E-state index in [4.69, 9.17) is 4.74 Å². The maximum atomic E-state index is 12.2. The smallest absolute Gasteiger partial charge is 0.331 e. The van der Waals surface area contributed by atoms with Crippen LogP contribution in [0.25, 0.3) is 11.8 Å². The fourth-order valence-corrected chi connectivity index (χ4v) is 3.03. The van der Waals surface area contributed by atoms with Gasteiger partial charge >= 0.3 is 12.0 Å². The Kier molecular flexibility index (Phi) is 5.58. The van der Waals surface area contributed by atoms with Gasteiger partial charge in [0.1, 0.15) is 0 Å². The van der Waals surface area contributed by atoms with Crippen molar-refractivity contribution in [3.8, 4) is 5.69 Å². The zero-order valence-corrected chi connectivity index (χ0v) is 16.0. The maximum absolute atomic E-state index is 12.2. The number of amides is 3. The van der Waals surface area contributed by atoms with Crippen molar-refractivity contribution in [3.63, 3.8) is 0 Å². The summed E-state index contributed by atoms with van der Waals surface area (Å²) in [6.45, 7) is 5.89. The number of nitrogens with one attached hydrogen (secondary N) is 1. The van der Waals surface area contributed by atoms with Crippen LogP contribution in [0.1, 0.15) is 23.9 Å². The number of aromatic nitrogens is 2. The van der Waals surface area contributed by atoms with Gasteiger partial charge in [0.15, 0.2) is 6.10 Å². The second-order valence-corrected chi connectivity index (χ2v) is 6.47. The van der Waals surface area contributed by atoms with Crippen molar-refractivity contribution in [2.75, 3.05) is 13.1 Å². The molecule has 0 saturated carbocycles. The summed E-state index contributed by atoms with van der Waals surface area (Å²) < 4.78 is 6.95. The first kappa shape index (κ1) is 19.3. The highest BCUT2D eigenvalue weighted by Gasteiger charge is 2.31. The van der Waals surface area contributed by atoms with Crippen molar-refractivity contribution in [2.24, 2.45) is 0 Å². The van der Waals surface area contributed by atoms with Gasteiger partial charge < -0.3 is 10.1 Å². The van der Waals surface area contributed by atoms with Gasteiger partial charge in [0.05, 0.1) is 11.4 Å². The fourth-order valence-electron chi connectivity index (χ4n) is 3.03. The molecule has 1 fully saturated rings. The average Bonchev–Trinajstić information content (AvgIpc) is 3.23. The van der Waals surface area contributed by atoms with Crippen LogP contribution in [-0.4, -0.2) is 51.8 Å². The van der Waals surface area contributed by atoms with E-state index in [-0.39, 0.29) is 6.54 Å². The third-order valence-corrected chi connectivity index (χ3v) is 4.50.